The second kappa shape index (κ2) is 4.23. The van der Waals surface area contributed by atoms with E-state index in [4.69, 9.17) is 10.3 Å². The van der Waals surface area contributed by atoms with Gasteiger partial charge in [0.15, 0.2) is 0 Å². The van der Waals surface area contributed by atoms with Crippen LogP contribution in [0.5, 0.6) is 0 Å². The Bertz CT molecular complexity index is 510. The quantitative estimate of drug-likeness (QED) is 0.890. The summed E-state index contributed by atoms with van der Waals surface area (Å²) in [5.41, 5.74) is 7.19. The minimum Gasteiger partial charge on any atom is -0.361 e. The number of hydrogen-bond donors (Lipinski definition) is 1. The first-order valence-electron chi connectivity index (χ1n) is 5.52. The average Bonchev–Trinajstić information content (AvgIpc) is 2.83. The molecule has 92 valence electrons. The molecule has 0 saturated heterocycles. The summed E-state index contributed by atoms with van der Waals surface area (Å²) in [6.07, 6.45) is 3.56. The molecule has 0 aliphatic heterocycles. The van der Waals surface area contributed by atoms with Gasteiger partial charge in [0.1, 0.15) is 10.8 Å². The largest absolute Gasteiger partial charge is 0.361 e. The van der Waals surface area contributed by atoms with Crippen LogP contribution in [0.1, 0.15) is 37.6 Å². The standard InChI is InChI=1S/C12H17N3OS/c1-7-8(5-15-16-7)9-6-14-11(17-9)10(13)12(2,3)4/h5-6,10H,13H2,1-4H3. The van der Waals surface area contributed by atoms with E-state index in [1.165, 1.54) is 0 Å². The number of aryl methyl sites for hydroxylation is 1. The molecule has 2 aromatic rings. The zero-order valence-corrected chi connectivity index (χ0v) is 11.3. The van der Waals surface area contributed by atoms with E-state index in [0.29, 0.717) is 0 Å². The molecule has 0 saturated carbocycles. The molecule has 4 nitrogen and oxygen atoms in total. The van der Waals surface area contributed by atoms with E-state index < -0.39 is 0 Å². The van der Waals surface area contributed by atoms with Gasteiger partial charge in [0, 0.05) is 6.20 Å². The van der Waals surface area contributed by atoms with Crippen LogP contribution in [0.15, 0.2) is 16.9 Å². The smallest absolute Gasteiger partial charge is 0.142 e. The first-order valence-corrected chi connectivity index (χ1v) is 6.34. The van der Waals surface area contributed by atoms with Crippen molar-refractivity contribution >= 4 is 11.3 Å². The van der Waals surface area contributed by atoms with Crippen molar-refractivity contribution in [3.8, 4) is 10.4 Å². The number of aromatic nitrogens is 2. The molecule has 0 bridgehead atoms. The SMILES string of the molecule is Cc1oncc1-c1cnc(C(N)C(C)(C)C)s1. The van der Waals surface area contributed by atoms with E-state index in [1.807, 2.05) is 13.1 Å². The minimum atomic E-state index is -0.0542. The first kappa shape index (κ1) is 12.3. The lowest BCUT2D eigenvalue weighted by atomic mass is 9.88. The third-order valence-corrected chi connectivity index (χ3v) is 3.85. The highest BCUT2D eigenvalue weighted by molar-refractivity contribution is 7.15. The third kappa shape index (κ3) is 2.40. The van der Waals surface area contributed by atoms with Crippen molar-refractivity contribution < 1.29 is 4.52 Å². The van der Waals surface area contributed by atoms with Gasteiger partial charge in [0.2, 0.25) is 0 Å². The number of rotatable bonds is 2. The van der Waals surface area contributed by atoms with Gasteiger partial charge in [-0.25, -0.2) is 4.98 Å². The lowest BCUT2D eigenvalue weighted by molar-refractivity contribution is 0.326. The molecule has 2 rings (SSSR count). The molecule has 0 spiro atoms. The van der Waals surface area contributed by atoms with E-state index in [-0.39, 0.29) is 11.5 Å². The molecule has 1 unspecified atom stereocenters. The Hall–Kier alpha value is -1.20. The predicted octanol–water partition coefficient (Wildman–Crippen LogP) is 3.15. The number of hydrogen-bond acceptors (Lipinski definition) is 5. The molecule has 17 heavy (non-hydrogen) atoms. The van der Waals surface area contributed by atoms with Crippen molar-refractivity contribution in [2.24, 2.45) is 11.1 Å². The summed E-state index contributed by atoms with van der Waals surface area (Å²) in [6, 6.07) is -0.0542. The summed E-state index contributed by atoms with van der Waals surface area (Å²) < 4.78 is 5.05. The van der Waals surface area contributed by atoms with E-state index >= 15 is 0 Å². The van der Waals surface area contributed by atoms with E-state index in [0.717, 1.165) is 21.2 Å². The van der Waals surface area contributed by atoms with Gasteiger partial charge in [0.25, 0.3) is 0 Å². The second-order valence-corrected chi connectivity index (χ2v) is 6.26. The van der Waals surface area contributed by atoms with Gasteiger partial charge in [0.05, 0.1) is 22.7 Å². The van der Waals surface area contributed by atoms with Crippen LogP contribution in [0.25, 0.3) is 10.4 Å². The molecule has 0 fully saturated rings. The topological polar surface area (TPSA) is 64.9 Å². The normalized spacial score (nSPS) is 13.9. The molecule has 2 heterocycles. The molecule has 0 aliphatic carbocycles. The van der Waals surface area contributed by atoms with Crippen LogP contribution < -0.4 is 5.73 Å². The van der Waals surface area contributed by atoms with Crippen LogP contribution in [-0.2, 0) is 0 Å². The van der Waals surface area contributed by atoms with Crippen molar-refractivity contribution in [1.29, 1.82) is 0 Å². The van der Waals surface area contributed by atoms with Crippen LogP contribution in [0.3, 0.4) is 0 Å². The Morgan fingerprint density at radius 3 is 2.59 bits per heavy atom. The molecular weight excluding hydrogens is 234 g/mol. The molecule has 2 N–H and O–H groups in total. The molecule has 0 aromatic carbocycles. The Balaban J connectivity index is 2.31. The fourth-order valence-electron chi connectivity index (χ4n) is 1.46. The van der Waals surface area contributed by atoms with Crippen molar-refractivity contribution in [1.82, 2.24) is 10.1 Å². The molecule has 1 atom stereocenters. The van der Waals surface area contributed by atoms with Gasteiger partial charge in [-0.15, -0.1) is 11.3 Å². The van der Waals surface area contributed by atoms with Gasteiger partial charge in [-0.1, -0.05) is 25.9 Å². The summed E-state index contributed by atoms with van der Waals surface area (Å²) in [6.45, 7) is 8.24. The zero-order chi connectivity index (χ0) is 12.6. The Labute approximate surface area is 105 Å². The lowest BCUT2D eigenvalue weighted by Gasteiger charge is -2.24. The van der Waals surface area contributed by atoms with E-state index in [9.17, 15) is 0 Å². The highest BCUT2D eigenvalue weighted by Gasteiger charge is 2.25. The Morgan fingerprint density at radius 1 is 1.35 bits per heavy atom. The maximum Gasteiger partial charge on any atom is 0.142 e. The lowest BCUT2D eigenvalue weighted by Crippen LogP contribution is -2.25. The van der Waals surface area contributed by atoms with Gasteiger partial charge in [-0.2, -0.15) is 0 Å². The predicted molar refractivity (Wildman–Crippen MR) is 68.7 cm³/mol. The van der Waals surface area contributed by atoms with Crippen molar-refractivity contribution in [3.63, 3.8) is 0 Å². The highest BCUT2D eigenvalue weighted by atomic mass is 32.1. The van der Waals surface area contributed by atoms with Gasteiger partial charge < -0.3 is 10.3 Å². The molecule has 2 aromatic heterocycles. The summed E-state index contributed by atoms with van der Waals surface area (Å²) >= 11 is 1.60. The molecule has 0 aliphatic rings. The zero-order valence-electron chi connectivity index (χ0n) is 10.5. The molecule has 0 amide bonds. The number of nitrogens with zero attached hydrogens (tertiary/aromatic N) is 2. The van der Waals surface area contributed by atoms with E-state index in [1.54, 1.807) is 17.5 Å². The van der Waals surface area contributed by atoms with Crippen molar-refractivity contribution in [3.05, 3.63) is 23.2 Å². The van der Waals surface area contributed by atoms with Gasteiger partial charge in [-0.05, 0) is 12.3 Å². The summed E-state index contributed by atoms with van der Waals surface area (Å²) in [5, 5.41) is 4.73. The second-order valence-electron chi connectivity index (χ2n) is 5.20. The van der Waals surface area contributed by atoms with Gasteiger partial charge >= 0.3 is 0 Å². The van der Waals surface area contributed by atoms with Gasteiger partial charge in [-0.3, -0.25) is 0 Å². The highest BCUT2D eigenvalue weighted by Crippen LogP contribution is 2.36. The monoisotopic (exact) mass is 251 g/mol. The summed E-state index contributed by atoms with van der Waals surface area (Å²) in [7, 11) is 0. The van der Waals surface area contributed by atoms with E-state index in [2.05, 4.69) is 30.9 Å². The van der Waals surface area contributed by atoms with Crippen LogP contribution in [0, 0.1) is 12.3 Å². The minimum absolute atomic E-state index is 0.0127. The fraction of sp³-hybridized carbons (Fsp3) is 0.500. The molecule has 5 heteroatoms. The van der Waals surface area contributed by atoms with Crippen LogP contribution >= 0.6 is 11.3 Å². The number of thiazole rings is 1. The average molecular weight is 251 g/mol. The third-order valence-electron chi connectivity index (χ3n) is 2.74. The number of nitrogens with two attached hydrogens (primary N) is 1. The summed E-state index contributed by atoms with van der Waals surface area (Å²) in [4.78, 5) is 5.46. The molecular formula is C12H17N3OS. The first-order chi connectivity index (χ1) is 7.89. The van der Waals surface area contributed by atoms with Crippen LogP contribution in [-0.4, -0.2) is 10.1 Å². The summed E-state index contributed by atoms with van der Waals surface area (Å²) in [5.74, 6) is 0.810. The van der Waals surface area contributed by atoms with Crippen molar-refractivity contribution in [2.75, 3.05) is 0 Å². The van der Waals surface area contributed by atoms with Crippen molar-refractivity contribution in [2.45, 2.75) is 33.7 Å². The fourth-order valence-corrected chi connectivity index (χ4v) is 2.68. The maximum atomic E-state index is 6.19. The van der Waals surface area contributed by atoms with Crippen LogP contribution in [0.4, 0.5) is 0 Å². The maximum absolute atomic E-state index is 6.19. The van der Waals surface area contributed by atoms with Crippen LogP contribution in [0.2, 0.25) is 0 Å². The Morgan fingerprint density at radius 2 is 2.06 bits per heavy atom. The Kier molecular flexibility index (Phi) is 3.05. The molecule has 0 radical (unpaired) electrons.